The third-order valence-electron chi connectivity index (χ3n) is 1.64. The number of hydrogen-bond acceptors (Lipinski definition) is 5. The summed E-state index contributed by atoms with van der Waals surface area (Å²) in [6.45, 7) is 1.96. The van der Waals surface area contributed by atoms with Crippen LogP contribution in [-0.2, 0) is 0 Å². The number of nitrogens with one attached hydrogen (secondary N) is 1. The first kappa shape index (κ1) is 9.01. The first-order chi connectivity index (χ1) is 6.75. The van der Waals surface area contributed by atoms with E-state index in [0.29, 0.717) is 5.69 Å². The number of aryl methyl sites for hydroxylation is 1. The number of nitrogens with zero attached hydrogens (tertiary/aromatic N) is 3. The smallest absolute Gasteiger partial charge is 0.189 e. The molecule has 0 saturated carbocycles. The second-order valence-electron chi connectivity index (χ2n) is 2.78. The zero-order valence-electron chi connectivity index (χ0n) is 7.56. The predicted octanol–water partition coefficient (Wildman–Crippen LogP) is 1.24. The van der Waals surface area contributed by atoms with E-state index in [1.54, 1.807) is 6.20 Å². The molecule has 0 aromatic carbocycles. The van der Waals surface area contributed by atoms with Crippen LogP contribution in [0.4, 0.5) is 5.69 Å². The van der Waals surface area contributed by atoms with E-state index in [1.165, 1.54) is 18.1 Å². The van der Waals surface area contributed by atoms with E-state index in [-0.39, 0.29) is 0 Å². The summed E-state index contributed by atoms with van der Waals surface area (Å²) in [5.41, 5.74) is 7.30. The molecule has 0 amide bonds. The summed E-state index contributed by atoms with van der Waals surface area (Å²) in [7, 11) is 0. The number of aromatic nitrogens is 4. The van der Waals surface area contributed by atoms with Gasteiger partial charge in [0.1, 0.15) is 11.4 Å². The van der Waals surface area contributed by atoms with Crippen molar-refractivity contribution < 1.29 is 0 Å². The molecule has 6 heteroatoms. The lowest BCUT2D eigenvalue weighted by molar-refractivity contribution is 0.964. The van der Waals surface area contributed by atoms with Crippen molar-refractivity contribution in [3.63, 3.8) is 0 Å². The van der Waals surface area contributed by atoms with Gasteiger partial charge in [0.25, 0.3) is 0 Å². The SMILES string of the molecule is Cc1cc(N)cnc1Sc1ncn[nH]1. The van der Waals surface area contributed by atoms with Gasteiger partial charge in [-0.1, -0.05) is 0 Å². The first-order valence-corrected chi connectivity index (χ1v) is 4.82. The number of aromatic amines is 1. The Balaban J connectivity index is 2.25. The second-order valence-corrected chi connectivity index (χ2v) is 3.76. The third kappa shape index (κ3) is 1.85. The summed E-state index contributed by atoms with van der Waals surface area (Å²) in [4.78, 5) is 8.20. The minimum Gasteiger partial charge on any atom is -0.397 e. The van der Waals surface area contributed by atoms with Gasteiger partial charge in [-0.25, -0.2) is 9.97 Å². The fraction of sp³-hybridized carbons (Fsp3) is 0.125. The van der Waals surface area contributed by atoms with Crippen molar-refractivity contribution in [3.8, 4) is 0 Å². The lowest BCUT2D eigenvalue weighted by Gasteiger charge is -2.02. The minimum atomic E-state index is 0.671. The number of pyridine rings is 1. The molecule has 5 nitrogen and oxygen atoms in total. The number of anilines is 1. The number of rotatable bonds is 2. The second kappa shape index (κ2) is 3.67. The molecule has 0 bridgehead atoms. The Morgan fingerprint density at radius 3 is 2.93 bits per heavy atom. The van der Waals surface area contributed by atoms with Crippen molar-refractivity contribution in [1.29, 1.82) is 0 Å². The summed E-state index contributed by atoms with van der Waals surface area (Å²) in [6, 6.07) is 1.88. The van der Waals surface area contributed by atoms with Crippen molar-refractivity contribution in [3.05, 3.63) is 24.2 Å². The Morgan fingerprint density at radius 2 is 2.29 bits per heavy atom. The Bertz CT molecular complexity index is 425. The van der Waals surface area contributed by atoms with E-state index in [0.717, 1.165) is 15.7 Å². The van der Waals surface area contributed by atoms with Crippen molar-refractivity contribution in [2.75, 3.05) is 5.73 Å². The zero-order chi connectivity index (χ0) is 9.97. The van der Waals surface area contributed by atoms with Crippen LogP contribution in [0, 0.1) is 6.92 Å². The molecule has 3 N–H and O–H groups in total. The molecule has 0 fully saturated rings. The number of H-pyrrole nitrogens is 1. The molecule has 2 heterocycles. The molecule has 0 aliphatic carbocycles. The van der Waals surface area contributed by atoms with E-state index >= 15 is 0 Å². The van der Waals surface area contributed by atoms with Crippen molar-refractivity contribution in [2.45, 2.75) is 17.1 Å². The van der Waals surface area contributed by atoms with Crippen LogP contribution in [0.1, 0.15) is 5.56 Å². The van der Waals surface area contributed by atoms with Crippen molar-refractivity contribution >= 4 is 17.4 Å². The van der Waals surface area contributed by atoms with Crippen LogP contribution in [0.3, 0.4) is 0 Å². The maximum Gasteiger partial charge on any atom is 0.189 e. The van der Waals surface area contributed by atoms with E-state index in [9.17, 15) is 0 Å². The molecule has 0 atom stereocenters. The number of nitrogens with two attached hydrogens (primary N) is 1. The fourth-order valence-corrected chi connectivity index (χ4v) is 1.73. The van der Waals surface area contributed by atoms with Gasteiger partial charge in [-0.05, 0) is 30.3 Å². The van der Waals surface area contributed by atoms with Gasteiger partial charge in [-0.15, -0.1) is 0 Å². The van der Waals surface area contributed by atoms with Crippen LogP contribution < -0.4 is 5.73 Å². The minimum absolute atomic E-state index is 0.671. The molecular weight excluding hydrogens is 198 g/mol. The molecular formula is C8H9N5S. The fourth-order valence-electron chi connectivity index (χ4n) is 1.03. The quantitative estimate of drug-likeness (QED) is 0.774. The van der Waals surface area contributed by atoms with Gasteiger partial charge < -0.3 is 5.73 Å². The summed E-state index contributed by atoms with van der Waals surface area (Å²) >= 11 is 1.43. The number of hydrogen-bond donors (Lipinski definition) is 2. The van der Waals surface area contributed by atoms with Gasteiger partial charge in [-0.3, -0.25) is 5.10 Å². The molecule has 14 heavy (non-hydrogen) atoms. The third-order valence-corrected chi connectivity index (χ3v) is 2.65. The topological polar surface area (TPSA) is 80.5 Å². The van der Waals surface area contributed by atoms with E-state index in [1.807, 2.05) is 13.0 Å². The summed E-state index contributed by atoms with van der Waals surface area (Å²) in [5.74, 6) is 0. The standard InChI is InChI=1S/C8H9N5S/c1-5-2-6(9)3-10-7(5)14-8-11-4-12-13-8/h2-4H,9H2,1H3,(H,11,12,13). The van der Waals surface area contributed by atoms with E-state index in [4.69, 9.17) is 5.73 Å². The van der Waals surface area contributed by atoms with Gasteiger partial charge >= 0.3 is 0 Å². The molecule has 2 rings (SSSR count). The Labute approximate surface area is 85.2 Å². The van der Waals surface area contributed by atoms with Crippen molar-refractivity contribution in [1.82, 2.24) is 20.2 Å². The molecule has 0 aliphatic heterocycles. The molecule has 72 valence electrons. The van der Waals surface area contributed by atoms with Gasteiger partial charge in [0, 0.05) is 0 Å². The van der Waals surface area contributed by atoms with Crippen molar-refractivity contribution in [2.24, 2.45) is 0 Å². The number of nitrogen functional groups attached to an aromatic ring is 1. The highest BCUT2D eigenvalue weighted by Crippen LogP contribution is 2.25. The monoisotopic (exact) mass is 207 g/mol. The van der Waals surface area contributed by atoms with Gasteiger partial charge in [-0.2, -0.15) is 5.10 Å². The maximum absolute atomic E-state index is 5.59. The van der Waals surface area contributed by atoms with Gasteiger partial charge in [0.2, 0.25) is 0 Å². The molecule has 2 aromatic rings. The van der Waals surface area contributed by atoms with Crippen LogP contribution in [0.2, 0.25) is 0 Å². The van der Waals surface area contributed by atoms with E-state index in [2.05, 4.69) is 20.2 Å². The molecule has 0 radical (unpaired) electrons. The Morgan fingerprint density at radius 1 is 1.43 bits per heavy atom. The predicted molar refractivity (Wildman–Crippen MR) is 53.9 cm³/mol. The zero-order valence-corrected chi connectivity index (χ0v) is 8.38. The van der Waals surface area contributed by atoms with Crippen LogP contribution in [0.5, 0.6) is 0 Å². The van der Waals surface area contributed by atoms with Crippen LogP contribution in [0.25, 0.3) is 0 Å². The van der Waals surface area contributed by atoms with Crippen LogP contribution in [0.15, 0.2) is 28.8 Å². The molecule has 0 saturated heterocycles. The summed E-state index contributed by atoms with van der Waals surface area (Å²) in [6.07, 6.45) is 3.10. The highest BCUT2D eigenvalue weighted by molar-refractivity contribution is 7.99. The average Bonchev–Trinajstić information content (AvgIpc) is 2.62. The molecule has 0 unspecified atom stereocenters. The Hall–Kier alpha value is -1.56. The lowest BCUT2D eigenvalue weighted by atomic mass is 10.3. The largest absolute Gasteiger partial charge is 0.397 e. The molecule has 0 spiro atoms. The van der Waals surface area contributed by atoms with E-state index < -0.39 is 0 Å². The Kier molecular flexibility index (Phi) is 2.36. The van der Waals surface area contributed by atoms with Crippen LogP contribution >= 0.6 is 11.8 Å². The average molecular weight is 207 g/mol. The van der Waals surface area contributed by atoms with Gasteiger partial charge in [0.15, 0.2) is 5.16 Å². The normalized spacial score (nSPS) is 10.4. The lowest BCUT2D eigenvalue weighted by Crippen LogP contribution is -1.91. The van der Waals surface area contributed by atoms with Crippen LogP contribution in [-0.4, -0.2) is 20.2 Å². The summed E-state index contributed by atoms with van der Waals surface area (Å²) < 4.78 is 0. The first-order valence-electron chi connectivity index (χ1n) is 4.01. The van der Waals surface area contributed by atoms with Gasteiger partial charge in [0.05, 0.1) is 11.9 Å². The molecule has 0 aliphatic rings. The molecule has 2 aromatic heterocycles. The highest BCUT2D eigenvalue weighted by Gasteiger charge is 2.04. The maximum atomic E-state index is 5.59. The highest BCUT2D eigenvalue weighted by atomic mass is 32.2. The summed E-state index contributed by atoms with van der Waals surface area (Å²) in [5, 5.41) is 8.13.